The van der Waals surface area contributed by atoms with Gasteiger partial charge in [0.15, 0.2) is 0 Å². The molecule has 0 atom stereocenters. The Bertz CT molecular complexity index is 460. The molecule has 1 aromatic carbocycles. The highest BCUT2D eigenvalue weighted by atomic mass is 79.9. The maximum atomic E-state index is 12.1. The molecule has 1 amide bonds. The van der Waals surface area contributed by atoms with Gasteiger partial charge in [0.25, 0.3) is 5.91 Å². The molecule has 0 saturated carbocycles. The van der Waals surface area contributed by atoms with Gasteiger partial charge in [-0.1, -0.05) is 15.9 Å². The number of hydrogen-bond acceptors (Lipinski definition) is 2. The van der Waals surface area contributed by atoms with Crippen molar-refractivity contribution in [2.45, 2.75) is 19.8 Å². The quantitative estimate of drug-likeness (QED) is 0.909. The number of halogens is 1. The summed E-state index contributed by atoms with van der Waals surface area (Å²) in [7, 11) is 1.69. The molecular formula is C13H16BrNO3. The third-order valence-electron chi connectivity index (χ3n) is 2.65. The Balaban J connectivity index is 2.65. The average molecular weight is 314 g/mol. The van der Waals surface area contributed by atoms with Crippen molar-refractivity contribution in [3.63, 3.8) is 0 Å². The van der Waals surface area contributed by atoms with Gasteiger partial charge in [0, 0.05) is 30.0 Å². The molecule has 0 unspecified atom stereocenters. The Morgan fingerprint density at radius 2 is 2.06 bits per heavy atom. The van der Waals surface area contributed by atoms with Crippen LogP contribution in [-0.4, -0.2) is 35.5 Å². The van der Waals surface area contributed by atoms with E-state index in [9.17, 15) is 9.59 Å². The van der Waals surface area contributed by atoms with Crippen LogP contribution in [0.3, 0.4) is 0 Å². The molecule has 0 fully saturated rings. The third kappa shape index (κ3) is 4.14. The normalized spacial score (nSPS) is 10.2. The summed E-state index contributed by atoms with van der Waals surface area (Å²) in [5.74, 6) is -0.916. The number of nitrogens with zero attached hydrogens (tertiary/aromatic N) is 1. The van der Waals surface area contributed by atoms with Gasteiger partial charge in [-0.25, -0.2) is 0 Å². The van der Waals surface area contributed by atoms with E-state index in [1.165, 1.54) is 0 Å². The lowest BCUT2D eigenvalue weighted by Crippen LogP contribution is -2.28. The van der Waals surface area contributed by atoms with E-state index in [1.54, 1.807) is 18.0 Å². The number of carboxylic acid groups (broad SMARTS) is 1. The molecule has 5 heteroatoms. The van der Waals surface area contributed by atoms with Crippen LogP contribution in [0.5, 0.6) is 0 Å². The second-order valence-corrected chi connectivity index (χ2v) is 5.10. The van der Waals surface area contributed by atoms with Crippen molar-refractivity contribution in [2.75, 3.05) is 13.6 Å². The fourth-order valence-corrected chi connectivity index (χ4v) is 2.12. The maximum absolute atomic E-state index is 12.1. The van der Waals surface area contributed by atoms with Gasteiger partial charge < -0.3 is 10.0 Å². The summed E-state index contributed by atoms with van der Waals surface area (Å²) in [6, 6.07) is 5.49. The molecule has 0 radical (unpaired) electrons. The molecule has 0 aliphatic rings. The zero-order valence-electron chi connectivity index (χ0n) is 10.4. The highest BCUT2D eigenvalue weighted by Gasteiger charge is 2.14. The van der Waals surface area contributed by atoms with Crippen LogP contribution < -0.4 is 0 Å². The first-order chi connectivity index (χ1) is 8.41. The van der Waals surface area contributed by atoms with E-state index < -0.39 is 5.97 Å². The van der Waals surface area contributed by atoms with E-state index in [0.29, 0.717) is 18.5 Å². The summed E-state index contributed by atoms with van der Waals surface area (Å²) in [6.45, 7) is 2.32. The van der Waals surface area contributed by atoms with Gasteiger partial charge in [-0.15, -0.1) is 0 Å². The minimum absolute atomic E-state index is 0.0783. The fraction of sp³-hybridized carbons (Fsp3) is 0.385. The summed E-state index contributed by atoms with van der Waals surface area (Å²) >= 11 is 3.35. The lowest BCUT2D eigenvalue weighted by Gasteiger charge is -2.18. The molecule has 18 heavy (non-hydrogen) atoms. The lowest BCUT2D eigenvalue weighted by atomic mass is 10.1. The monoisotopic (exact) mass is 313 g/mol. The number of aryl methyl sites for hydroxylation is 1. The van der Waals surface area contributed by atoms with E-state index in [1.807, 2.05) is 19.1 Å². The molecule has 0 bridgehead atoms. The van der Waals surface area contributed by atoms with Gasteiger partial charge in [-0.05, 0) is 37.1 Å². The van der Waals surface area contributed by atoms with Crippen LogP contribution in [0.25, 0.3) is 0 Å². The second-order valence-electron chi connectivity index (χ2n) is 4.18. The van der Waals surface area contributed by atoms with Gasteiger partial charge in [-0.3, -0.25) is 9.59 Å². The maximum Gasteiger partial charge on any atom is 0.303 e. The summed E-state index contributed by atoms with van der Waals surface area (Å²) in [6.07, 6.45) is 0.546. The molecule has 0 heterocycles. The van der Waals surface area contributed by atoms with Crippen LogP contribution in [0, 0.1) is 6.92 Å². The van der Waals surface area contributed by atoms with Gasteiger partial charge in [0.1, 0.15) is 0 Å². The Morgan fingerprint density at radius 1 is 1.39 bits per heavy atom. The van der Waals surface area contributed by atoms with Crippen molar-refractivity contribution >= 4 is 27.8 Å². The van der Waals surface area contributed by atoms with Crippen LogP contribution in [0.15, 0.2) is 22.7 Å². The molecular weight excluding hydrogens is 298 g/mol. The Labute approximate surface area is 115 Å². The SMILES string of the molecule is Cc1cc(Br)ccc1C(=O)N(C)CCCC(=O)O. The van der Waals surface area contributed by atoms with E-state index in [4.69, 9.17) is 5.11 Å². The third-order valence-corrected chi connectivity index (χ3v) is 3.14. The predicted molar refractivity (Wildman–Crippen MR) is 72.7 cm³/mol. The van der Waals surface area contributed by atoms with E-state index in [2.05, 4.69) is 15.9 Å². The summed E-state index contributed by atoms with van der Waals surface area (Å²) < 4.78 is 0.935. The fourth-order valence-electron chi connectivity index (χ4n) is 1.64. The van der Waals surface area contributed by atoms with Crippen molar-refractivity contribution in [3.8, 4) is 0 Å². The van der Waals surface area contributed by atoms with Crippen LogP contribution >= 0.6 is 15.9 Å². The molecule has 0 aliphatic carbocycles. The largest absolute Gasteiger partial charge is 0.481 e. The minimum Gasteiger partial charge on any atom is -0.481 e. The van der Waals surface area contributed by atoms with Crippen molar-refractivity contribution in [1.82, 2.24) is 4.90 Å². The molecule has 1 aromatic rings. The number of benzene rings is 1. The van der Waals surface area contributed by atoms with Gasteiger partial charge >= 0.3 is 5.97 Å². The Hall–Kier alpha value is -1.36. The lowest BCUT2D eigenvalue weighted by molar-refractivity contribution is -0.137. The number of hydrogen-bond donors (Lipinski definition) is 1. The van der Waals surface area contributed by atoms with Gasteiger partial charge in [0.05, 0.1) is 0 Å². The second kappa shape index (κ2) is 6.54. The number of carbonyl (C=O) groups is 2. The van der Waals surface area contributed by atoms with Crippen LogP contribution in [0.2, 0.25) is 0 Å². The molecule has 1 rings (SSSR count). The zero-order chi connectivity index (χ0) is 13.7. The molecule has 0 aromatic heterocycles. The van der Waals surface area contributed by atoms with Crippen LogP contribution in [0.4, 0.5) is 0 Å². The highest BCUT2D eigenvalue weighted by molar-refractivity contribution is 9.10. The van der Waals surface area contributed by atoms with Crippen LogP contribution in [0.1, 0.15) is 28.8 Å². The van der Waals surface area contributed by atoms with Crippen LogP contribution in [-0.2, 0) is 4.79 Å². The molecule has 0 aliphatic heterocycles. The number of aliphatic carboxylic acids is 1. The highest BCUT2D eigenvalue weighted by Crippen LogP contribution is 2.17. The molecule has 0 spiro atoms. The number of rotatable bonds is 5. The summed E-state index contributed by atoms with van der Waals surface area (Å²) in [5, 5.41) is 8.55. The standard InChI is InChI=1S/C13H16BrNO3/c1-9-8-10(14)5-6-11(9)13(18)15(2)7-3-4-12(16)17/h5-6,8H,3-4,7H2,1-2H3,(H,16,17). The first kappa shape index (κ1) is 14.7. The molecule has 1 N–H and O–H groups in total. The molecule has 98 valence electrons. The topological polar surface area (TPSA) is 57.6 Å². The summed E-state index contributed by atoms with van der Waals surface area (Å²) in [4.78, 5) is 24.1. The van der Waals surface area contributed by atoms with E-state index in [0.717, 1.165) is 10.0 Å². The zero-order valence-corrected chi connectivity index (χ0v) is 12.0. The first-order valence-electron chi connectivity index (χ1n) is 5.65. The summed E-state index contributed by atoms with van der Waals surface area (Å²) in [5.41, 5.74) is 1.55. The number of amides is 1. The van der Waals surface area contributed by atoms with Crippen molar-refractivity contribution in [3.05, 3.63) is 33.8 Å². The van der Waals surface area contributed by atoms with Crippen molar-refractivity contribution < 1.29 is 14.7 Å². The molecule has 4 nitrogen and oxygen atoms in total. The predicted octanol–water partition coefficient (Wildman–Crippen LogP) is 2.69. The Morgan fingerprint density at radius 3 is 2.61 bits per heavy atom. The van der Waals surface area contributed by atoms with E-state index in [-0.39, 0.29) is 12.3 Å². The average Bonchev–Trinajstić information content (AvgIpc) is 2.27. The van der Waals surface area contributed by atoms with E-state index >= 15 is 0 Å². The smallest absolute Gasteiger partial charge is 0.303 e. The van der Waals surface area contributed by atoms with Gasteiger partial charge in [-0.2, -0.15) is 0 Å². The first-order valence-corrected chi connectivity index (χ1v) is 6.44. The molecule has 0 saturated heterocycles. The number of carbonyl (C=O) groups excluding carboxylic acids is 1. The van der Waals surface area contributed by atoms with Crippen molar-refractivity contribution in [1.29, 1.82) is 0 Å². The van der Waals surface area contributed by atoms with Gasteiger partial charge in [0.2, 0.25) is 0 Å². The van der Waals surface area contributed by atoms with Crippen molar-refractivity contribution in [2.24, 2.45) is 0 Å². The minimum atomic E-state index is -0.837. The number of carboxylic acids is 1. The Kier molecular flexibility index (Phi) is 5.34.